The maximum absolute atomic E-state index is 12.6. The minimum atomic E-state index is -0.168. The van der Waals surface area contributed by atoms with Crippen molar-refractivity contribution in [2.45, 2.75) is 26.2 Å². The van der Waals surface area contributed by atoms with Crippen molar-refractivity contribution >= 4 is 23.2 Å². The quantitative estimate of drug-likeness (QED) is 0.640. The summed E-state index contributed by atoms with van der Waals surface area (Å²) in [7, 11) is 0. The summed E-state index contributed by atoms with van der Waals surface area (Å²) >= 11 is 0. The highest BCUT2D eigenvalue weighted by molar-refractivity contribution is 5.96. The van der Waals surface area contributed by atoms with Gasteiger partial charge in [-0.25, -0.2) is 0 Å². The van der Waals surface area contributed by atoms with Gasteiger partial charge in [-0.1, -0.05) is 12.6 Å². The van der Waals surface area contributed by atoms with Crippen LogP contribution >= 0.6 is 0 Å². The van der Waals surface area contributed by atoms with Crippen molar-refractivity contribution in [2.75, 3.05) is 36.9 Å². The Hall–Kier alpha value is -3.28. The monoisotopic (exact) mass is 407 g/mol. The van der Waals surface area contributed by atoms with E-state index in [0.717, 1.165) is 42.9 Å². The Labute approximate surface area is 177 Å². The lowest BCUT2D eigenvalue weighted by Gasteiger charge is -2.26. The first-order chi connectivity index (χ1) is 14.5. The molecule has 6 heteroatoms. The van der Waals surface area contributed by atoms with E-state index in [9.17, 15) is 9.59 Å². The molecule has 0 radical (unpaired) electrons. The van der Waals surface area contributed by atoms with E-state index in [4.69, 9.17) is 4.74 Å². The van der Waals surface area contributed by atoms with Crippen LogP contribution in [0.25, 0.3) is 0 Å². The second kappa shape index (κ2) is 10.5. The number of nitrogens with zero attached hydrogens (tertiary/aromatic N) is 1. The van der Waals surface area contributed by atoms with Gasteiger partial charge in [-0.15, -0.1) is 0 Å². The van der Waals surface area contributed by atoms with Crippen LogP contribution in [0.3, 0.4) is 0 Å². The highest BCUT2D eigenvalue weighted by Gasteiger charge is 2.18. The zero-order valence-electron chi connectivity index (χ0n) is 17.4. The average molecular weight is 408 g/mol. The first-order valence-electron chi connectivity index (χ1n) is 10.3. The maximum atomic E-state index is 12.6. The molecule has 2 amide bonds. The predicted octanol–water partition coefficient (Wildman–Crippen LogP) is 4.32. The van der Waals surface area contributed by atoms with Crippen LogP contribution in [0, 0.1) is 0 Å². The lowest BCUT2D eigenvalue weighted by Crippen LogP contribution is -2.35. The number of benzene rings is 2. The molecule has 0 unspecified atom stereocenters. The highest BCUT2D eigenvalue weighted by Crippen LogP contribution is 2.18. The van der Waals surface area contributed by atoms with Crippen LogP contribution < -0.4 is 15.4 Å². The summed E-state index contributed by atoms with van der Waals surface area (Å²) in [6.07, 6.45) is 3.31. The Morgan fingerprint density at radius 1 is 1.03 bits per heavy atom. The van der Waals surface area contributed by atoms with Crippen molar-refractivity contribution in [3.8, 4) is 5.75 Å². The van der Waals surface area contributed by atoms with Crippen molar-refractivity contribution in [1.29, 1.82) is 0 Å². The Balaban J connectivity index is 1.49. The third kappa shape index (κ3) is 6.37. The molecule has 6 nitrogen and oxygen atoms in total. The number of piperidine rings is 1. The van der Waals surface area contributed by atoms with Crippen LogP contribution in [0.5, 0.6) is 5.75 Å². The topological polar surface area (TPSA) is 70.7 Å². The van der Waals surface area contributed by atoms with E-state index in [2.05, 4.69) is 17.2 Å². The number of amides is 2. The lowest BCUT2D eigenvalue weighted by molar-refractivity contribution is -0.114. The van der Waals surface area contributed by atoms with E-state index >= 15 is 0 Å². The second-order valence-corrected chi connectivity index (χ2v) is 7.61. The normalized spacial score (nSPS) is 13.4. The van der Waals surface area contributed by atoms with Gasteiger partial charge in [-0.2, -0.15) is 0 Å². The molecule has 0 spiro atoms. The van der Waals surface area contributed by atoms with Crippen molar-refractivity contribution in [3.05, 3.63) is 66.2 Å². The largest absolute Gasteiger partial charge is 0.489 e. The fraction of sp³-hybridized carbons (Fsp3) is 0.333. The molecule has 1 saturated heterocycles. The van der Waals surface area contributed by atoms with Gasteiger partial charge < -0.3 is 20.3 Å². The minimum absolute atomic E-state index is 0.0526. The van der Waals surface area contributed by atoms with E-state index in [1.807, 2.05) is 42.2 Å². The number of ether oxygens (including phenoxy) is 1. The van der Waals surface area contributed by atoms with Crippen molar-refractivity contribution < 1.29 is 14.3 Å². The van der Waals surface area contributed by atoms with Crippen LogP contribution in [0.1, 0.15) is 36.5 Å². The predicted molar refractivity (Wildman–Crippen MR) is 120 cm³/mol. The van der Waals surface area contributed by atoms with E-state index in [0.29, 0.717) is 17.9 Å². The van der Waals surface area contributed by atoms with Gasteiger partial charge >= 0.3 is 0 Å². The number of carbonyl (C=O) groups is 2. The molecule has 0 saturated carbocycles. The summed E-state index contributed by atoms with van der Waals surface area (Å²) in [6, 6.07) is 14.5. The van der Waals surface area contributed by atoms with Crippen molar-refractivity contribution in [2.24, 2.45) is 0 Å². The Morgan fingerprint density at radius 2 is 1.77 bits per heavy atom. The van der Waals surface area contributed by atoms with Gasteiger partial charge in [0.15, 0.2) is 0 Å². The summed E-state index contributed by atoms with van der Waals surface area (Å²) in [5.41, 5.74) is 3.03. The van der Waals surface area contributed by atoms with Gasteiger partial charge in [0.1, 0.15) is 12.4 Å². The number of hydrogen-bond donors (Lipinski definition) is 2. The number of rotatable bonds is 8. The lowest BCUT2D eigenvalue weighted by atomic mass is 10.1. The number of carbonyl (C=O) groups excluding carboxylic acids is 2. The molecule has 158 valence electrons. The summed E-state index contributed by atoms with van der Waals surface area (Å²) in [5.74, 6) is 0.611. The zero-order valence-corrected chi connectivity index (χ0v) is 17.4. The molecule has 2 N–H and O–H groups in total. The number of nitrogens with one attached hydrogen (secondary N) is 2. The first kappa shape index (κ1) is 21.4. The fourth-order valence-electron chi connectivity index (χ4n) is 3.27. The fourth-order valence-corrected chi connectivity index (χ4v) is 3.27. The van der Waals surface area contributed by atoms with Crippen LogP contribution in [0.2, 0.25) is 0 Å². The van der Waals surface area contributed by atoms with E-state index < -0.39 is 0 Å². The summed E-state index contributed by atoms with van der Waals surface area (Å²) in [4.78, 5) is 26.8. The van der Waals surface area contributed by atoms with Gasteiger partial charge in [-0.05, 0) is 74.2 Å². The van der Waals surface area contributed by atoms with Gasteiger partial charge in [0.05, 0.1) is 6.54 Å². The van der Waals surface area contributed by atoms with Gasteiger partial charge in [0.2, 0.25) is 5.91 Å². The SMILES string of the molecule is C=C(C)COc1ccc(NC(=O)CNc2cccc(C(=O)N3CCCCC3)c2)cc1. The molecule has 2 aromatic carbocycles. The molecule has 0 aromatic heterocycles. The van der Waals surface area contributed by atoms with Gasteiger partial charge in [0.25, 0.3) is 5.91 Å². The molecule has 1 aliphatic heterocycles. The minimum Gasteiger partial charge on any atom is -0.489 e. The molecular formula is C24H29N3O3. The Morgan fingerprint density at radius 3 is 2.47 bits per heavy atom. The molecule has 1 heterocycles. The van der Waals surface area contributed by atoms with Crippen molar-refractivity contribution in [3.63, 3.8) is 0 Å². The Kier molecular flexibility index (Phi) is 7.49. The second-order valence-electron chi connectivity index (χ2n) is 7.61. The molecular weight excluding hydrogens is 378 g/mol. The van der Waals surface area contributed by atoms with E-state index in [-0.39, 0.29) is 18.4 Å². The molecule has 1 fully saturated rings. The molecule has 3 rings (SSSR count). The maximum Gasteiger partial charge on any atom is 0.253 e. The first-order valence-corrected chi connectivity index (χ1v) is 10.3. The van der Waals surface area contributed by atoms with E-state index in [1.165, 1.54) is 6.42 Å². The number of likely N-dealkylation sites (tertiary alicyclic amines) is 1. The molecule has 0 aliphatic carbocycles. The van der Waals surface area contributed by atoms with E-state index in [1.54, 1.807) is 18.2 Å². The summed E-state index contributed by atoms with van der Waals surface area (Å²) in [5, 5.41) is 5.93. The standard InChI is InChI=1S/C24H29N3O3/c1-18(2)17-30-22-11-9-20(10-12-22)26-23(28)16-25-21-8-6-7-19(15-21)24(29)27-13-4-3-5-14-27/h6-12,15,25H,1,3-5,13-14,16-17H2,2H3,(H,26,28). The third-order valence-corrected chi connectivity index (χ3v) is 4.83. The number of anilines is 2. The molecule has 1 aliphatic rings. The molecule has 0 atom stereocenters. The van der Waals surface area contributed by atoms with Crippen LogP contribution in [0.4, 0.5) is 11.4 Å². The van der Waals surface area contributed by atoms with Crippen LogP contribution in [0.15, 0.2) is 60.7 Å². The van der Waals surface area contributed by atoms with Crippen LogP contribution in [-0.2, 0) is 4.79 Å². The smallest absolute Gasteiger partial charge is 0.253 e. The Bertz CT molecular complexity index is 887. The van der Waals surface area contributed by atoms with Crippen LogP contribution in [-0.4, -0.2) is 43.0 Å². The van der Waals surface area contributed by atoms with Crippen molar-refractivity contribution in [1.82, 2.24) is 4.90 Å². The highest BCUT2D eigenvalue weighted by atomic mass is 16.5. The average Bonchev–Trinajstić information content (AvgIpc) is 2.77. The third-order valence-electron chi connectivity index (χ3n) is 4.83. The molecule has 30 heavy (non-hydrogen) atoms. The molecule has 2 aromatic rings. The van der Waals surface area contributed by atoms with Gasteiger partial charge in [-0.3, -0.25) is 9.59 Å². The summed E-state index contributed by atoms with van der Waals surface area (Å²) < 4.78 is 5.55. The number of hydrogen-bond acceptors (Lipinski definition) is 4. The molecule has 0 bridgehead atoms. The van der Waals surface area contributed by atoms with Gasteiger partial charge in [0, 0.05) is 30.0 Å². The summed E-state index contributed by atoms with van der Waals surface area (Å²) in [6.45, 7) is 7.91. The zero-order chi connectivity index (χ0) is 21.3.